The Hall–Kier alpha value is -2.11. The molecular weight excluding hydrogens is 263 g/mol. The lowest BCUT2D eigenvalue weighted by atomic mass is 10.1. The second kappa shape index (κ2) is 7.47. The lowest BCUT2D eigenvalue weighted by molar-refractivity contribution is -0.137. The van der Waals surface area contributed by atoms with E-state index < -0.39 is 5.97 Å². The molecule has 20 heavy (non-hydrogen) atoms. The van der Waals surface area contributed by atoms with E-state index in [1.807, 2.05) is 0 Å². The van der Waals surface area contributed by atoms with Crippen LogP contribution in [0, 0.1) is 11.7 Å². The number of halogens is 1. The van der Waals surface area contributed by atoms with E-state index in [-0.39, 0.29) is 36.8 Å². The molecule has 0 heterocycles. The van der Waals surface area contributed by atoms with Crippen LogP contribution in [0.3, 0.4) is 0 Å². The van der Waals surface area contributed by atoms with Crippen molar-refractivity contribution in [1.82, 2.24) is 10.6 Å². The van der Waals surface area contributed by atoms with E-state index >= 15 is 0 Å². The van der Waals surface area contributed by atoms with Crippen LogP contribution in [0.2, 0.25) is 0 Å². The molecule has 0 aliphatic carbocycles. The minimum atomic E-state index is -0.889. The molecule has 1 aromatic carbocycles. The van der Waals surface area contributed by atoms with Crippen LogP contribution < -0.4 is 10.6 Å². The standard InChI is InChI=1S/C14H19FN2O3/c1-9(7-13(18)19)8-16-14(20)17-10(2)11-3-5-12(15)6-4-11/h3-6,9-10H,7-8H2,1-2H3,(H,18,19)(H2,16,17,20). The first kappa shape index (κ1) is 15.9. The largest absolute Gasteiger partial charge is 0.481 e. The van der Waals surface area contributed by atoms with Gasteiger partial charge in [-0.15, -0.1) is 0 Å². The van der Waals surface area contributed by atoms with Crippen LogP contribution in [0.15, 0.2) is 24.3 Å². The monoisotopic (exact) mass is 282 g/mol. The Kier molecular flexibility index (Phi) is 5.96. The van der Waals surface area contributed by atoms with Crippen LogP contribution >= 0.6 is 0 Å². The van der Waals surface area contributed by atoms with E-state index in [4.69, 9.17) is 5.11 Å². The van der Waals surface area contributed by atoms with Crippen molar-refractivity contribution in [3.05, 3.63) is 35.6 Å². The van der Waals surface area contributed by atoms with Gasteiger partial charge < -0.3 is 15.7 Å². The normalized spacial score (nSPS) is 13.3. The highest BCUT2D eigenvalue weighted by atomic mass is 19.1. The smallest absolute Gasteiger partial charge is 0.315 e. The summed E-state index contributed by atoms with van der Waals surface area (Å²) in [6, 6.07) is 5.24. The third kappa shape index (κ3) is 5.69. The van der Waals surface area contributed by atoms with Crippen molar-refractivity contribution in [3.8, 4) is 0 Å². The van der Waals surface area contributed by atoms with Crippen molar-refractivity contribution in [2.75, 3.05) is 6.54 Å². The van der Waals surface area contributed by atoms with Crippen LogP contribution in [-0.2, 0) is 4.79 Å². The zero-order valence-electron chi connectivity index (χ0n) is 11.5. The van der Waals surface area contributed by atoms with Crippen molar-refractivity contribution in [3.63, 3.8) is 0 Å². The number of carboxylic acid groups (broad SMARTS) is 1. The molecule has 0 bridgehead atoms. The van der Waals surface area contributed by atoms with Gasteiger partial charge in [0.2, 0.25) is 0 Å². The molecule has 110 valence electrons. The van der Waals surface area contributed by atoms with Gasteiger partial charge in [-0.1, -0.05) is 19.1 Å². The molecule has 6 heteroatoms. The molecule has 0 aromatic heterocycles. The SMILES string of the molecule is CC(CNC(=O)NC(C)c1ccc(F)cc1)CC(=O)O. The summed E-state index contributed by atoms with van der Waals surface area (Å²) in [6.07, 6.45) is 0.00773. The summed E-state index contributed by atoms with van der Waals surface area (Å²) in [5.74, 6) is -1.35. The Labute approximate surface area is 117 Å². The average molecular weight is 282 g/mol. The highest BCUT2D eigenvalue weighted by Gasteiger charge is 2.12. The summed E-state index contributed by atoms with van der Waals surface area (Å²) in [7, 11) is 0. The lowest BCUT2D eigenvalue weighted by Gasteiger charge is -2.16. The van der Waals surface area contributed by atoms with Gasteiger partial charge in [0.05, 0.1) is 6.04 Å². The van der Waals surface area contributed by atoms with Crippen molar-refractivity contribution < 1.29 is 19.1 Å². The molecule has 5 nitrogen and oxygen atoms in total. The van der Waals surface area contributed by atoms with Crippen LogP contribution in [-0.4, -0.2) is 23.7 Å². The number of rotatable bonds is 6. The summed E-state index contributed by atoms with van der Waals surface area (Å²) >= 11 is 0. The fraction of sp³-hybridized carbons (Fsp3) is 0.429. The number of carboxylic acids is 1. The number of benzene rings is 1. The summed E-state index contributed by atoms with van der Waals surface area (Å²) in [5.41, 5.74) is 0.792. The Bertz CT molecular complexity index is 462. The first-order chi connectivity index (χ1) is 9.38. The van der Waals surface area contributed by atoms with E-state index in [0.29, 0.717) is 0 Å². The first-order valence-corrected chi connectivity index (χ1v) is 6.40. The first-order valence-electron chi connectivity index (χ1n) is 6.40. The third-order valence-corrected chi connectivity index (χ3v) is 2.85. The molecule has 2 amide bonds. The summed E-state index contributed by atoms with van der Waals surface area (Å²) in [5, 5.41) is 13.9. The quantitative estimate of drug-likeness (QED) is 0.749. The maximum Gasteiger partial charge on any atom is 0.315 e. The summed E-state index contributed by atoms with van der Waals surface area (Å²) in [4.78, 5) is 22.1. The van der Waals surface area contributed by atoms with Gasteiger partial charge >= 0.3 is 12.0 Å². The highest BCUT2D eigenvalue weighted by Crippen LogP contribution is 2.12. The van der Waals surface area contributed by atoms with Gasteiger partial charge in [0, 0.05) is 13.0 Å². The molecular formula is C14H19FN2O3. The van der Waals surface area contributed by atoms with E-state index in [1.165, 1.54) is 12.1 Å². The number of carbonyl (C=O) groups excluding carboxylic acids is 1. The lowest BCUT2D eigenvalue weighted by Crippen LogP contribution is -2.39. The molecule has 3 N–H and O–H groups in total. The number of nitrogens with one attached hydrogen (secondary N) is 2. The van der Waals surface area contributed by atoms with E-state index in [9.17, 15) is 14.0 Å². The molecule has 0 saturated heterocycles. The van der Waals surface area contributed by atoms with Crippen molar-refractivity contribution >= 4 is 12.0 Å². The fourth-order valence-corrected chi connectivity index (χ4v) is 1.72. The second-order valence-electron chi connectivity index (χ2n) is 4.83. The predicted octanol–water partition coefficient (Wildman–Crippen LogP) is 2.30. The van der Waals surface area contributed by atoms with Gasteiger partial charge in [0.15, 0.2) is 0 Å². The molecule has 2 atom stereocenters. The minimum absolute atomic E-state index is 0.00773. The minimum Gasteiger partial charge on any atom is -0.481 e. The molecule has 1 rings (SSSR count). The Morgan fingerprint density at radius 3 is 2.40 bits per heavy atom. The van der Waals surface area contributed by atoms with Crippen molar-refractivity contribution in [2.24, 2.45) is 5.92 Å². The Balaban J connectivity index is 2.38. The van der Waals surface area contributed by atoms with Gasteiger partial charge in [0.25, 0.3) is 0 Å². The van der Waals surface area contributed by atoms with Gasteiger partial charge in [-0.2, -0.15) is 0 Å². The zero-order valence-corrected chi connectivity index (χ0v) is 11.5. The second-order valence-corrected chi connectivity index (χ2v) is 4.83. The van der Waals surface area contributed by atoms with Gasteiger partial charge in [-0.05, 0) is 30.5 Å². The Morgan fingerprint density at radius 1 is 1.25 bits per heavy atom. The molecule has 2 unspecified atom stereocenters. The third-order valence-electron chi connectivity index (χ3n) is 2.85. The van der Waals surface area contributed by atoms with Crippen molar-refractivity contribution in [2.45, 2.75) is 26.3 Å². The van der Waals surface area contributed by atoms with E-state index in [1.54, 1.807) is 26.0 Å². The molecule has 0 spiro atoms. The van der Waals surface area contributed by atoms with Crippen molar-refractivity contribution in [1.29, 1.82) is 0 Å². The molecule has 0 radical (unpaired) electrons. The average Bonchev–Trinajstić information content (AvgIpc) is 2.36. The number of hydrogen-bond donors (Lipinski definition) is 3. The van der Waals surface area contributed by atoms with Crippen LogP contribution in [0.5, 0.6) is 0 Å². The van der Waals surface area contributed by atoms with Crippen LogP contribution in [0.25, 0.3) is 0 Å². The number of carbonyl (C=O) groups is 2. The topological polar surface area (TPSA) is 78.4 Å². The number of aliphatic carboxylic acids is 1. The van der Waals surface area contributed by atoms with E-state index in [2.05, 4.69) is 10.6 Å². The van der Waals surface area contributed by atoms with Gasteiger partial charge in [-0.25, -0.2) is 9.18 Å². The summed E-state index contributed by atoms with van der Waals surface area (Å²) in [6.45, 7) is 3.82. The van der Waals surface area contributed by atoms with E-state index in [0.717, 1.165) is 5.56 Å². The maximum absolute atomic E-state index is 12.8. The van der Waals surface area contributed by atoms with Gasteiger partial charge in [-0.3, -0.25) is 4.79 Å². The van der Waals surface area contributed by atoms with Crippen LogP contribution in [0.4, 0.5) is 9.18 Å². The number of amides is 2. The Morgan fingerprint density at radius 2 is 1.85 bits per heavy atom. The number of urea groups is 1. The molecule has 1 aromatic rings. The summed E-state index contributed by atoms with van der Waals surface area (Å²) < 4.78 is 12.8. The van der Waals surface area contributed by atoms with Gasteiger partial charge in [0.1, 0.15) is 5.82 Å². The molecule has 0 fully saturated rings. The predicted molar refractivity (Wildman–Crippen MR) is 72.8 cm³/mol. The molecule has 0 aliphatic rings. The zero-order chi connectivity index (χ0) is 15.1. The molecule has 0 saturated carbocycles. The molecule has 0 aliphatic heterocycles. The maximum atomic E-state index is 12.8. The fourth-order valence-electron chi connectivity index (χ4n) is 1.72. The van der Waals surface area contributed by atoms with Crippen LogP contribution in [0.1, 0.15) is 31.9 Å². The highest BCUT2D eigenvalue weighted by molar-refractivity contribution is 5.74. The number of hydrogen-bond acceptors (Lipinski definition) is 2.